The average molecular weight is 440 g/mol. The minimum Gasteiger partial charge on any atom is -0.394 e. The first kappa shape index (κ1) is 20.3. The molecule has 2 N–H and O–H groups in total. The summed E-state index contributed by atoms with van der Waals surface area (Å²) in [5, 5.41) is 13.6. The van der Waals surface area contributed by atoms with E-state index in [1.165, 1.54) is 0 Å². The Labute approximate surface area is 186 Å². The van der Waals surface area contributed by atoms with Gasteiger partial charge in [-0.25, -0.2) is 4.79 Å². The molecular weight excluding hydrogens is 414 g/mol. The molecule has 2 heterocycles. The number of hydrogen-bond acceptors (Lipinski definition) is 3. The van der Waals surface area contributed by atoms with Gasteiger partial charge in [0.2, 0.25) is 5.91 Å². The molecule has 0 unspecified atom stereocenters. The van der Waals surface area contributed by atoms with Crippen LogP contribution in [0.1, 0.15) is 37.2 Å². The van der Waals surface area contributed by atoms with Crippen molar-refractivity contribution in [2.75, 3.05) is 23.4 Å². The SMILES string of the molecule is O=C(Nc1cccc(Cl)c1)N1C[C@@H]2[C@H](c3ccccc31)[C@@H](CO)N2C(=O)C1CCCC1. The van der Waals surface area contributed by atoms with Crippen molar-refractivity contribution < 1.29 is 14.7 Å². The number of carbonyl (C=O) groups is 2. The molecule has 2 fully saturated rings. The van der Waals surface area contributed by atoms with Crippen molar-refractivity contribution in [2.45, 2.75) is 43.7 Å². The zero-order chi connectivity index (χ0) is 21.5. The maximum Gasteiger partial charge on any atom is 0.326 e. The molecule has 2 aromatic carbocycles. The second kappa shape index (κ2) is 8.17. The van der Waals surface area contributed by atoms with E-state index in [1.807, 2.05) is 29.2 Å². The van der Waals surface area contributed by atoms with Gasteiger partial charge in [-0.2, -0.15) is 0 Å². The summed E-state index contributed by atoms with van der Waals surface area (Å²) in [4.78, 5) is 30.0. The first-order chi connectivity index (χ1) is 15.1. The molecule has 5 rings (SSSR count). The number of carbonyl (C=O) groups excluding carboxylic acids is 2. The summed E-state index contributed by atoms with van der Waals surface area (Å²) in [6.07, 6.45) is 4.00. The van der Waals surface area contributed by atoms with Crippen molar-refractivity contribution >= 4 is 34.9 Å². The number of amides is 3. The Kier molecular flexibility index (Phi) is 5.36. The Balaban J connectivity index is 1.44. The van der Waals surface area contributed by atoms with Gasteiger partial charge in [-0.05, 0) is 42.7 Å². The van der Waals surface area contributed by atoms with E-state index in [2.05, 4.69) is 5.32 Å². The monoisotopic (exact) mass is 439 g/mol. The lowest BCUT2D eigenvalue weighted by Gasteiger charge is -2.59. The van der Waals surface area contributed by atoms with Gasteiger partial charge in [-0.3, -0.25) is 9.69 Å². The smallest absolute Gasteiger partial charge is 0.326 e. The number of urea groups is 1. The van der Waals surface area contributed by atoms with Crippen LogP contribution in [0.25, 0.3) is 0 Å². The number of hydrogen-bond donors (Lipinski definition) is 2. The number of halogens is 1. The van der Waals surface area contributed by atoms with Crippen LogP contribution in [-0.4, -0.2) is 47.2 Å². The predicted octanol–water partition coefficient (Wildman–Crippen LogP) is 4.24. The minimum absolute atomic E-state index is 0.0425. The number of anilines is 2. The van der Waals surface area contributed by atoms with Crippen molar-refractivity contribution in [3.05, 3.63) is 59.1 Å². The summed E-state index contributed by atoms with van der Waals surface area (Å²) in [6, 6.07) is 14.2. The number of nitrogens with one attached hydrogen (secondary N) is 1. The van der Waals surface area contributed by atoms with Crippen LogP contribution >= 0.6 is 11.6 Å². The van der Waals surface area contributed by atoms with Crippen LogP contribution in [-0.2, 0) is 4.79 Å². The molecule has 6 nitrogen and oxygen atoms in total. The number of benzene rings is 2. The van der Waals surface area contributed by atoms with Crippen LogP contribution in [0.3, 0.4) is 0 Å². The van der Waals surface area contributed by atoms with E-state index < -0.39 is 0 Å². The molecule has 0 bridgehead atoms. The zero-order valence-electron chi connectivity index (χ0n) is 17.2. The lowest BCUT2D eigenvalue weighted by molar-refractivity contribution is -0.154. The van der Waals surface area contributed by atoms with E-state index in [0.29, 0.717) is 17.3 Å². The molecule has 2 aromatic rings. The average Bonchev–Trinajstić information content (AvgIpc) is 3.29. The third kappa shape index (κ3) is 3.48. The highest BCUT2D eigenvalue weighted by atomic mass is 35.5. The number of rotatable bonds is 3. The highest BCUT2D eigenvalue weighted by Crippen LogP contribution is 2.49. The standard InChI is InChI=1S/C24H26ClN3O3/c25-16-8-5-9-17(12-16)26-24(31)27-13-20-22(18-10-3-4-11-19(18)27)21(14-29)28(20)23(30)15-6-1-2-7-15/h3-5,8-12,15,20-22,29H,1-2,6-7,13-14H2,(H,26,31)/t20-,21-,22+/m1/s1. The van der Waals surface area contributed by atoms with Gasteiger partial charge >= 0.3 is 6.03 Å². The zero-order valence-corrected chi connectivity index (χ0v) is 18.0. The van der Waals surface area contributed by atoms with Crippen LogP contribution in [0, 0.1) is 5.92 Å². The highest BCUT2D eigenvalue weighted by molar-refractivity contribution is 6.30. The van der Waals surface area contributed by atoms with E-state index >= 15 is 0 Å². The maximum atomic E-state index is 13.2. The lowest BCUT2D eigenvalue weighted by atomic mass is 9.71. The molecule has 3 atom stereocenters. The fourth-order valence-corrected chi connectivity index (χ4v) is 5.72. The molecule has 7 heteroatoms. The first-order valence-corrected chi connectivity index (χ1v) is 11.3. The van der Waals surface area contributed by atoms with Gasteiger partial charge in [0, 0.05) is 34.8 Å². The number of nitrogens with zero attached hydrogens (tertiary/aromatic N) is 2. The van der Waals surface area contributed by atoms with Gasteiger partial charge in [0.25, 0.3) is 0 Å². The number of likely N-dealkylation sites (tertiary alicyclic amines) is 1. The van der Waals surface area contributed by atoms with Crippen LogP contribution in [0.2, 0.25) is 5.02 Å². The van der Waals surface area contributed by atoms with E-state index in [0.717, 1.165) is 36.9 Å². The number of para-hydroxylation sites is 1. The van der Waals surface area contributed by atoms with E-state index in [9.17, 15) is 14.7 Å². The first-order valence-electron chi connectivity index (χ1n) is 10.9. The van der Waals surface area contributed by atoms with Crippen molar-refractivity contribution in [2.24, 2.45) is 5.92 Å². The number of fused-ring (bicyclic) bond motifs is 3. The van der Waals surface area contributed by atoms with Crippen LogP contribution in [0.15, 0.2) is 48.5 Å². The molecule has 0 aromatic heterocycles. The number of aliphatic hydroxyl groups is 1. The maximum absolute atomic E-state index is 13.2. The van der Waals surface area contributed by atoms with Crippen molar-refractivity contribution in [3.63, 3.8) is 0 Å². The second-order valence-electron chi connectivity index (χ2n) is 8.68. The molecule has 1 saturated carbocycles. The summed E-state index contributed by atoms with van der Waals surface area (Å²) < 4.78 is 0. The lowest BCUT2D eigenvalue weighted by Crippen LogP contribution is -2.71. The summed E-state index contributed by atoms with van der Waals surface area (Å²) in [5.74, 6) is 0.218. The Morgan fingerprint density at radius 1 is 1.10 bits per heavy atom. The summed E-state index contributed by atoms with van der Waals surface area (Å²) in [5.41, 5.74) is 2.46. The van der Waals surface area contributed by atoms with Crippen LogP contribution < -0.4 is 10.2 Å². The molecule has 0 radical (unpaired) electrons. The van der Waals surface area contributed by atoms with E-state index in [1.54, 1.807) is 29.2 Å². The molecule has 31 heavy (non-hydrogen) atoms. The fraction of sp³-hybridized carbons (Fsp3) is 0.417. The normalized spacial score (nSPS) is 24.9. The van der Waals surface area contributed by atoms with Gasteiger partial charge in [0.1, 0.15) is 0 Å². The topological polar surface area (TPSA) is 72.9 Å². The van der Waals surface area contributed by atoms with Gasteiger partial charge < -0.3 is 15.3 Å². The van der Waals surface area contributed by atoms with Gasteiger partial charge in [-0.15, -0.1) is 0 Å². The van der Waals surface area contributed by atoms with Crippen molar-refractivity contribution in [1.82, 2.24) is 4.90 Å². The summed E-state index contributed by atoms with van der Waals surface area (Å²) in [6.45, 7) is 0.339. The largest absolute Gasteiger partial charge is 0.394 e. The predicted molar refractivity (Wildman–Crippen MR) is 120 cm³/mol. The molecular formula is C24H26ClN3O3. The quantitative estimate of drug-likeness (QED) is 0.751. The van der Waals surface area contributed by atoms with E-state index in [-0.39, 0.29) is 42.5 Å². The van der Waals surface area contributed by atoms with Gasteiger partial charge in [0.05, 0.1) is 18.7 Å². The van der Waals surface area contributed by atoms with Crippen molar-refractivity contribution in [3.8, 4) is 0 Å². The molecule has 1 aliphatic carbocycles. The fourth-order valence-electron chi connectivity index (χ4n) is 5.53. The Morgan fingerprint density at radius 3 is 2.61 bits per heavy atom. The molecule has 162 valence electrons. The Hall–Kier alpha value is -2.57. The summed E-state index contributed by atoms with van der Waals surface area (Å²) >= 11 is 6.06. The molecule has 0 spiro atoms. The van der Waals surface area contributed by atoms with Gasteiger partial charge in [0.15, 0.2) is 0 Å². The third-order valence-electron chi connectivity index (χ3n) is 6.97. The molecule has 2 aliphatic heterocycles. The van der Waals surface area contributed by atoms with Crippen molar-refractivity contribution in [1.29, 1.82) is 0 Å². The third-order valence-corrected chi connectivity index (χ3v) is 7.20. The van der Waals surface area contributed by atoms with Crippen LogP contribution in [0.4, 0.5) is 16.2 Å². The molecule has 3 amide bonds. The van der Waals surface area contributed by atoms with Crippen LogP contribution in [0.5, 0.6) is 0 Å². The minimum atomic E-state index is -0.256. The molecule has 3 aliphatic rings. The van der Waals surface area contributed by atoms with Gasteiger partial charge in [-0.1, -0.05) is 48.7 Å². The highest BCUT2D eigenvalue weighted by Gasteiger charge is 2.56. The Bertz CT molecular complexity index is 1010. The van der Waals surface area contributed by atoms with E-state index in [4.69, 9.17) is 11.6 Å². The Morgan fingerprint density at radius 2 is 1.87 bits per heavy atom. The number of aliphatic hydroxyl groups excluding tert-OH is 1. The second-order valence-corrected chi connectivity index (χ2v) is 9.12. The molecule has 1 saturated heterocycles. The summed E-state index contributed by atoms with van der Waals surface area (Å²) in [7, 11) is 0.